The van der Waals surface area contributed by atoms with E-state index in [-0.39, 0.29) is 28.8 Å². The van der Waals surface area contributed by atoms with Crippen molar-refractivity contribution in [1.29, 1.82) is 0 Å². The quantitative estimate of drug-likeness (QED) is 0.530. The molecular formula is C15H22O3. The smallest absolute Gasteiger partial charge is 0.314 e. The molecule has 2 aliphatic carbocycles. The van der Waals surface area contributed by atoms with Crippen molar-refractivity contribution in [3.05, 3.63) is 11.6 Å². The zero-order chi connectivity index (χ0) is 13.1. The molecule has 0 spiro atoms. The topological polar surface area (TPSA) is 46.5 Å². The van der Waals surface area contributed by atoms with Crippen LogP contribution in [0.3, 0.4) is 0 Å². The van der Waals surface area contributed by atoms with Crippen molar-refractivity contribution in [2.45, 2.75) is 46.1 Å². The first-order valence-corrected chi connectivity index (χ1v) is 6.88. The van der Waals surface area contributed by atoms with Crippen molar-refractivity contribution in [2.24, 2.45) is 22.7 Å². The number of carbonyl (C=O) groups excluding carboxylic acids is 1. The van der Waals surface area contributed by atoms with E-state index in [0.717, 1.165) is 24.8 Å². The third-order valence-corrected chi connectivity index (χ3v) is 5.44. The number of aliphatic hydroxyl groups is 1. The molecule has 0 aromatic rings. The lowest BCUT2D eigenvalue weighted by molar-refractivity contribution is -0.152. The minimum absolute atomic E-state index is 0.0807. The van der Waals surface area contributed by atoms with Crippen molar-refractivity contribution in [2.75, 3.05) is 6.61 Å². The Morgan fingerprint density at radius 2 is 2.06 bits per heavy atom. The van der Waals surface area contributed by atoms with Crippen molar-refractivity contribution in [1.82, 2.24) is 0 Å². The number of allylic oxidation sites excluding steroid dienone is 1. The summed E-state index contributed by atoms with van der Waals surface area (Å²) in [6.07, 6.45) is 4.48. The molecular weight excluding hydrogens is 228 g/mol. The number of fused-ring (bicyclic) bond motifs is 3. The van der Waals surface area contributed by atoms with Crippen molar-refractivity contribution in [3.63, 3.8) is 0 Å². The lowest BCUT2D eigenvalue weighted by Crippen LogP contribution is -2.53. The number of hydrogen-bond donors (Lipinski definition) is 1. The fourth-order valence-corrected chi connectivity index (χ4v) is 4.88. The largest absolute Gasteiger partial charge is 0.461 e. The van der Waals surface area contributed by atoms with E-state index in [1.54, 1.807) is 0 Å². The van der Waals surface area contributed by atoms with Gasteiger partial charge in [-0.3, -0.25) is 4.79 Å². The Morgan fingerprint density at radius 3 is 2.78 bits per heavy atom. The number of esters is 1. The molecule has 3 heteroatoms. The summed E-state index contributed by atoms with van der Waals surface area (Å²) in [4.78, 5) is 12.0. The summed E-state index contributed by atoms with van der Waals surface area (Å²) >= 11 is 0. The van der Waals surface area contributed by atoms with Gasteiger partial charge in [-0.2, -0.15) is 0 Å². The van der Waals surface area contributed by atoms with Gasteiger partial charge < -0.3 is 9.84 Å². The standard InChI is InChI=1S/C15H22O3/c1-14(2)6-10(16)7-15(3)11(14)5-4-9-8-18-13(17)12(9)15/h4,10-12,16H,5-8H2,1-3H3. The Labute approximate surface area is 108 Å². The maximum atomic E-state index is 12.0. The van der Waals surface area contributed by atoms with E-state index in [2.05, 4.69) is 26.8 Å². The fraction of sp³-hybridized carbons (Fsp3) is 0.800. The Morgan fingerprint density at radius 1 is 1.33 bits per heavy atom. The number of hydrogen-bond acceptors (Lipinski definition) is 3. The maximum Gasteiger partial charge on any atom is 0.314 e. The summed E-state index contributed by atoms with van der Waals surface area (Å²) in [5.41, 5.74) is 1.08. The van der Waals surface area contributed by atoms with Gasteiger partial charge in [-0.05, 0) is 41.6 Å². The Kier molecular flexibility index (Phi) is 2.44. The molecule has 2 fully saturated rings. The van der Waals surface area contributed by atoms with E-state index in [4.69, 9.17) is 4.74 Å². The molecule has 0 aromatic carbocycles. The van der Waals surface area contributed by atoms with Gasteiger partial charge in [0.2, 0.25) is 0 Å². The highest BCUT2D eigenvalue weighted by molar-refractivity contribution is 5.80. The molecule has 0 bridgehead atoms. The molecule has 1 saturated carbocycles. The number of rotatable bonds is 0. The number of ether oxygens (including phenoxy) is 1. The molecule has 0 radical (unpaired) electrons. The Balaban J connectivity index is 2.07. The van der Waals surface area contributed by atoms with Gasteiger partial charge in [0.05, 0.1) is 12.0 Å². The maximum absolute atomic E-state index is 12.0. The van der Waals surface area contributed by atoms with Crippen LogP contribution in [0.2, 0.25) is 0 Å². The van der Waals surface area contributed by atoms with Crippen LogP contribution in [0, 0.1) is 22.7 Å². The Bertz CT molecular complexity index is 423. The molecule has 100 valence electrons. The lowest BCUT2D eigenvalue weighted by atomic mass is 9.48. The van der Waals surface area contributed by atoms with Gasteiger partial charge >= 0.3 is 5.97 Å². The second-order valence-electron chi connectivity index (χ2n) is 7.16. The number of cyclic esters (lactones) is 1. The van der Waals surface area contributed by atoms with Gasteiger partial charge in [0.1, 0.15) is 6.61 Å². The van der Waals surface area contributed by atoms with Gasteiger partial charge in [-0.25, -0.2) is 0 Å². The molecule has 4 unspecified atom stereocenters. The first kappa shape index (κ1) is 12.2. The minimum atomic E-state index is -0.297. The molecule has 3 nitrogen and oxygen atoms in total. The van der Waals surface area contributed by atoms with E-state index in [1.165, 1.54) is 0 Å². The van der Waals surface area contributed by atoms with Gasteiger partial charge in [-0.15, -0.1) is 0 Å². The summed E-state index contributed by atoms with van der Waals surface area (Å²) in [5.74, 6) is 0.247. The summed E-state index contributed by atoms with van der Waals surface area (Å²) < 4.78 is 5.23. The monoisotopic (exact) mass is 250 g/mol. The van der Waals surface area contributed by atoms with E-state index in [9.17, 15) is 9.90 Å². The molecule has 1 saturated heterocycles. The third kappa shape index (κ3) is 1.49. The summed E-state index contributed by atoms with van der Waals surface area (Å²) in [6.45, 7) is 7.07. The van der Waals surface area contributed by atoms with E-state index in [0.29, 0.717) is 12.5 Å². The molecule has 18 heavy (non-hydrogen) atoms. The van der Waals surface area contributed by atoms with Gasteiger partial charge in [-0.1, -0.05) is 26.8 Å². The SMILES string of the molecule is CC1(C)CC(O)CC2(C)C3C(=O)OCC3=CCC12. The first-order valence-electron chi connectivity index (χ1n) is 6.88. The minimum Gasteiger partial charge on any atom is -0.461 e. The van der Waals surface area contributed by atoms with Gasteiger partial charge in [0.15, 0.2) is 0 Å². The third-order valence-electron chi connectivity index (χ3n) is 5.44. The van der Waals surface area contributed by atoms with Crippen LogP contribution in [0.15, 0.2) is 11.6 Å². The van der Waals surface area contributed by atoms with E-state index in [1.807, 2.05) is 0 Å². The summed E-state index contributed by atoms with van der Waals surface area (Å²) in [5, 5.41) is 10.2. The highest BCUT2D eigenvalue weighted by Gasteiger charge is 2.58. The van der Waals surface area contributed by atoms with Crippen LogP contribution in [0.1, 0.15) is 40.0 Å². The van der Waals surface area contributed by atoms with Gasteiger partial charge in [0, 0.05) is 0 Å². The highest BCUT2D eigenvalue weighted by Crippen LogP contribution is 2.60. The number of carbonyl (C=O) groups is 1. The fourth-order valence-electron chi connectivity index (χ4n) is 4.88. The van der Waals surface area contributed by atoms with Crippen LogP contribution < -0.4 is 0 Å². The first-order chi connectivity index (χ1) is 8.34. The normalized spacial score (nSPS) is 45.9. The van der Waals surface area contributed by atoms with Crippen molar-refractivity contribution in [3.8, 4) is 0 Å². The highest BCUT2D eigenvalue weighted by atomic mass is 16.5. The van der Waals surface area contributed by atoms with Crippen LogP contribution in [0.4, 0.5) is 0 Å². The van der Waals surface area contributed by atoms with Crippen LogP contribution in [-0.2, 0) is 9.53 Å². The average Bonchev–Trinajstić information content (AvgIpc) is 2.58. The summed E-state index contributed by atoms with van der Waals surface area (Å²) in [7, 11) is 0. The van der Waals surface area contributed by atoms with Crippen LogP contribution in [-0.4, -0.2) is 23.8 Å². The zero-order valence-corrected chi connectivity index (χ0v) is 11.4. The molecule has 4 atom stereocenters. The lowest BCUT2D eigenvalue weighted by Gasteiger charge is -2.55. The zero-order valence-electron chi connectivity index (χ0n) is 11.4. The second kappa shape index (κ2) is 3.60. The van der Waals surface area contributed by atoms with Crippen LogP contribution in [0.25, 0.3) is 0 Å². The molecule has 1 N–H and O–H groups in total. The molecule has 3 rings (SSSR count). The molecule has 0 amide bonds. The predicted molar refractivity (Wildman–Crippen MR) is 67.8 cm³/mol. The average molecular weight is 250 g/mol. The molecule has 1 heterocycles. The van der Waals surface area contributed by atoms with Crippen molar-refractivity contribution >= 4 is 5.97 Å². The Hall–Kier alpha value is -0.830. The molecule has 1 aliphatic heterocycles. The van der Waals surface area contributed by atoms with Crippen molar-refractivity contribution < 1.29 is 14.6 Å². The van der Waals surface area contributed by atoms with Gasteiger partial charge in [0.25, 0.3) is 0 Å². The van der Waals surface area contributed by atoms with Crippen LogP contribution >= 0.6 is 0 Å². The van der Waals surface area contributed by atoms with E-state index >= 15 is 0 Å². The number of aliphatic hydroxyl groups excluding tert-OH is 1. The molecule has 3 aliphatic rings. The van der Waals surface area contributed by atoms with Crippen LogP contribution in [0.5, 0.6) is 0 Å². The summed E-state index contributed by atoms with van der Waals surface area (Å²) in [6, 6.07) is 0. The second-order valence-corrected chi connectivity index (χ2v) is 7.16. The van der Waals surface area contributed by atoms with E-state index < -0.39 is 0 Å². The molecule has 0 aromatic heterocycles. The predicted octanol–water partition coefficient (Wildman–Crippen LogP) is 2.29.